The summed E-state index contributed by atoms with van der Waals surface area (Å²) in [6, 6.07) is 4.30. The predicted octanol–water partition coefficient (Wildman–Crippen LogP) is 4.52. The number of pyridine rings is 1. The Morgan fingerprint density at radius 2 is 2.03 bits per heavy atom. The Bertz CT molecular complexity index is 1270. The van der Waals surface area contributed by atoms with E-state index in [1.807, 2.05) is 35.9 Å². The van der Waals surface area contributed by atoms with Crippen molar-refractivity contribution in [1.29, 1.82) is 0 Å². The molecule has 0 amide bonds. The highest BCUT2D eigenvalue weighted by Gasteiger charge is 2.32. The molecule has 5 rings (SSSR count). The van der Waals surface area contributed by atoms with Gasteiger partial charge in [0.2, 0.25) is 11.8 Å². The number of aromatic amines is 1. The van der Waals surface area contributed by atoms with Crippen LogP contribution in [0.25, 0.3) is 27.8 Å². The van der Waals surface area contributed by atoms with E-state index in [9.17, 15) is 0 Å². The first-order valence-corrected chi connectivity index (χ1v) is 11.6. The Kier molecular flexibility index (Phi) is 5.65. The van der Waals surface area contributed by atoms with E-state index in [4.69, 9.17) is 19.4 Å². The molecule has 0 saturated heterocycles. The van der Waals surface area contributed by atoms with Crippen LogP contribution in [-0.2, 0) is 4.74 Å². The van der Waals surface area contributed by atoms with Crippen molar-refractivity contribution in [3.05, 3.63) is 30.4 Å². The SMILES string of the molecule is CCCO[C@]1(C)CC[C@@H](Nc2nc(OC)c3c(-c4ccc5nnc(C)n5c4)c[nH]c3n2)CC1. The van der Waals surface area contributed by atoms with Gasteiger partial charge in [0.05, 0.1) is 18.1 Å². The number of fused-ring (bicyclic) bond motifs is 2. The lowest BCUT2D eigenvalue weighted by Crippen LogP contribution is -2.38. The monoisotopic (exact) mass is 449 g/mol. The molecule has 0 bridgehead atoms. The minimum Gasteiger partial charge on any atom is -0.480 e. The topological polar surface area (TPSA) is 102 Å². The van der Waals surface area contributed by atoms with Crippen molar-refractivity contribution in [3.63, 3.8) is 0 Å². The molecule has 4 aromatic heterocycles. The molecule has 9 nitrogen and oxygen atoms in total. The highest BCUT2D eigenvalue weighted by atomic mass is 16.5. The maximum Gasteiger partial charge on any atom is 0.228 e. The van der Waals surface area contributed by atoms with Gasteiger partial charge in [0.25, 0.3) is 0 Å². The molecule has 9 heteroatoms. The number of H-pyrrole nitrogens is 1. The van der Waals surface area contributed by atoms with Crippen LogP contribution in [0.5, 0.6) is 5.88 Å². The number of nitrogens with zero attached hydrogens (tertiary/aromatic N) is 5. The number of hydrogen-bond donors (Lipinski definition) is 2. The van der Waals surface area contributed by atoms with Crippen LogP contribution in [0.1, 0.15) is 51.8 Å². The number of rotatable bonds is 7. The van der Waals surface area contributed by atoms with Gasteiger partial charge >= 0.3 is 0 Å². The van der Waals surface area contributed by atoms with Crippen LogP contribution in [0.3, 0.4) is 0 Å². The van der Waals surface area contributed by atoms with Crippen LogP contribution in [0, 0.1) is 6.92 Å². The van der Waals surface area contributed by atoms with E-state index in [1.54, 1.807) is 7.11 Å². The van der Waals surface area contributed by atoms with Gasteiger partial charge in [-0.1, -0.05) is 6.92 Å². The van der Waals surface area contributed by atoms with Crippen molar-refractivity contribution in [2.75, 3.05) is 19.0 Å². The Balaban J connectivity index is 1.40. The molecule has 0 radical (unpaired) electrons. The van der Waals surface area contributed by atoms with Crippen molar-refractivity contribution in [2.24, 2.45) is 0 Å². The molecule has 1 aliphatic rings. The van der Waals surface area contributed by atoms with E-state index in [-0.39, 0.29) is 5.60 Å². The van der Waals surface area contributed by atoms with Crippen LogP contribution < -0.4 is 10.1 Å². The van der Waals surface area contributed by atoms with Crippen LogP contribution in [0.15, 0.2) is 24.5 Å². The van der Waals surface area contributed by atoms with Crippen molar-refractivity contribution in [1.82, 2.24) is 29.5 Å². The second-order valence-electron chi connectivity index (χ2n) is 9.09. The lowest BCUT2D eigenvalue weighted by atomic mass is 9.83. The minimum absolute atomic E-state index is 0.0186. The molecule has 1 aliphatic carbocycles. The quantitative estimate of drug-likeness (QED) is 0.427. The van der Waals surface area contributed by atoms with Gasteiger partial charge in [-0.15, -0.1) is 10.2 Å². The molecule has 4 heterocycles. The van der Waals surface area contributed by atoms with E-state index >= 15 is 0 Å². The van der Waals surface area contributed by atoms with Gasteiger partial charge in [0, 0.05) is 36.2 Å². The van der Waals surface area contributed by atoms with Gasteiger partial charge in [-0.25, -0.2) is 0 Å². The second-order valence-corrected chi connectivity index (χ2v) is 9.09. The molecule has 174 valence electrons. The molecule has 4 aromatic rings. The van der Waals surface area contributed by atoms with Crippen molar-refractivity contribution in [3.8, 4) is 17.0 Å². The fourth-order valence-electron chi connectivity index (χ4n) is 4.65. The number of nitrogens with one attached hydrogen (secondary N) is 2. The van der Waals surface area contributed by atoms with Crippen molar-refractivity contribution < 1.29 is 9.47 Å². The number of aromatic nitrogens is 6. The summed E-state index contributed by atoms with van der Waals surface area (Å²) in [6.07, 6.45) is 9.14. The maximum atomic E-state index is 6.09. The molecular weight excluding hydrogens is 418 g/mol. The molecule has 0 atom stereocenters. The third-order valence-corrected chi connectivity index (χ3v) is 6.61. The van der Waals surface area contributed by atoms with Gasteiger partial charge in [-0.3, -0.25) is 4.40 Å². The molecule has 2 N–H and O–H groups in total. The van der Waals surface area contributed by atoms with E-state index < -0.39 is 0 Å². The van der Waals surface area contributed by atoms with E-state index in [0.29, 0.717) is 17.9 Å². The number of hydrogen-bond acceptors (Lipinski definition) is 7. The molecular formula is C24H31N7O2. The van der Waals surface area contributed by atoms with Gasteiger partial charge < -0.3 is 19.8 Å². The van der Waals surface area contributed by atoms with E-state index in [2.05, 4.69) is 34.3 Å². The van der Waals surface area contributed by atoms with Crippen LogP contribution >= 0.6 is 0 Å². The van der Waals surface area contributed by atoms with Crippen LogP contribution in [-0.4, -0.2) is 54.9 Å². The molecule has 0 aliphatic heterocycles. The first-order valence-electron chi connectivity index (χ1n) is 11.6. The average Bonchev–Trinajstić information content (AvgIpc) is 3.42. The summed E-state index contributed by atoms with van der Waals surface area (Å²) in [5.41, 5.74) is 3.53. The number of anilines is 1. The zero-order chi connectivity index (χ0) is 23.0. The lowest BCUT2D eigenvalue weighted by molar-refractivity contribution is -0.0574. The van der Waals surface area contributed by atoms with Gasteiger partial charge in [0.15, 0.2) is 5.65 Å². The highest BCUT2D eigenvalue weighted by Crippen LogP contribution is 2.36. The molecule has 0 aromatic carbocycles. The summed E-state index contributed by atoms with van der Waals surface area (Å²) in [5.74, 6) is 1.97. The predicted molar refractivity (Wildman–Crippen MR) is 128 cm³/mol. The summed E-state index contributed by atoms with van der Waals surface area (Å²) < 4.78 is 13.8. The molecule has 1 saturated carbocycles. The van der Waals surface area contributed by atoms with Gasteiger partial charge in [-0.05, 0) is 58.1 Å². The van der Waals surface area contributed by atoms with Gasteiger partial charge in [0.1, 0.15) is 11.5 Å². The van der Waals surface area contributed by atoms with Crippen molar-refractivity contribution >= 4 is 22.6 Å². The van der Waals surface area contributed by atoms with Crippen LogP contribution in [0.2, 0.25) is 0 Å². The molecule has 1 fully saturated rings. The summed E-state index contributed by atoms with van der Waals surface area (Å²) in [5, 5.41) is 12.7. The number of ether oxygens (including phenoxy) is 2. The summed E-state index contributed by atoms with van der Waals surface area (Å²) in [4.78, 5) is 12.8. The molecule has 33 heavy (non-hydrogen) atoms. The maximum absolute atomic E-state index is 6.09. The average molecular weight is 450 g/mol. The molecule has 0 spiro atoms. The van der Waals surface area contributed by atoms with Crippen LogP contribution in [0.4, 0.5) is 5.95 Å². The Hall–Kier alpha value is -3.20. The Labute approximate surface area is 192 Å². The summed E-state index contributed by atoms with van der Waals surface area (Å²) in [6.45, 7) is 7.14. The number of aryl methyl sites for hydroxylation is 1. The molecule has 0 unspecified atom stereocenters. The fourth-order valence-corrected chi connectivity index (χ4v) is 4.65. The first kappa shape index (κ1) is 21.6. The zero-order valence-electron chi connectivity index (χ0n) is 19.7. The highest BCUT2D eigenvalue weighted by molar-refractivity contribution is 5.97. The normalized spacial score (nSPS) is 21.0. The summed E-state index contributed by atoms with van der Waals surface area (Å²) in [7, 11) is 1.65. The third kappa shape index (κ3) is 4.13. The Morgan fingerprint density at radius 3 is 2.79 bits per heavy atom. The fraction of sp³-hybridized carbons (Fsp3) is 0.500. The Morgan fingerprint density at radius 1 is 1.21 bits per heavy atom. The van der Waals surface area contributed by atoms with Crippen molar-refractivity contribution in [2.45, 2.75) is 64.5 Å². The smallest absolute Gasteiger partial charge is 0.228 e. The first-order chi connectivity index (χ1) is 16.0. The van der Waals surface area contributed by atoms with E-state index in [1.165, 1.54) is 0 Å². The summed E-state index contributed by atoms with van der Waals surface area (Å²) >= 11 is 0. The largest absolute Gasteiger partial charge is 0.480 e. The second kappa shape index (κ2) is 8.62. The zero-order valence-corrected chi connectivity index (χ0v) is 19.7. The van der Waals surface area contributed by atoms with Gasteiger partial charge in [-0.2, -0.15) is 9.97 Å². The third-order valence-electron chi connectivity index (χ3n) is 6.61. The number of methoxy groups -OCH3 is 1. The lowest BCUT2D eigenvalue weighted by Gasteiger charge is -2.37. The van der Waals surface area contributed by atoms with E-state index in [0.717, 1.165) is 72.3 Å². The standard InChI is InChI=1S/C24H31N7O2/c1-5-12-33-24(3)10-8-17(9-11-24)26-23-27-21-20(22(28-23)32-4)18(13-25-21)16-6-7-19-30-29-15(2)31(19)14-16/h6-7,13-14,17H,5,8-12H2,1-4H3,(H2,25,26,27,28)/t17-,24-. The minimum atomic E-state index is -0.0186.